The molecule has 0 saturated heterocycles. The highest BCUT2D eigenvalue weighted by atomic mass is 32.1. The van der Waals surface area contributed by atoms with Crippen molar-refractivity contribution in [2.45, 2.75) is 13.8 Å². The van der Waals surface area contributed by atoms with Crippen molar-refractivity contribution in [3.63, 3.8) is 0 Å². The molecule has 0 saturated carbocycles. The smallest absolute Gasteiger partial charge is 0.195 e. The van der Waals surface area contributed by atoms with Gasteiger partial charge in [-0.3, -0.25) is 4.79 Å². The van der Waals surface area contributed by atoms with Gasteiger partial charge in [0.1, 0.15) is 5.69 Å². The second-order valence-electron chi connectivity index (χ2n) is 2.26. The number of nitrogens with zero attached hydrogens (tertiary/aromatic N) is 1. The van der Waals surface area contributed by atoms with Gasteiger partial charge in [0.2, 0.25) is 0 Å². The molecule has 0 amide bonds. The molecule has 0 aliphatic heterocycles. The van der Waals surface area contributed by atoms with Crippen molar-refractivity contribution in [1.29, 1.82) is 0 Å². The number of aryl methyl sites for hydroxylation is 2. The Bertz CT molecular complexity index is 280. The van der Waals surface area contributed by atoms with E-state index < -0.39 is 0 Å². The molecule has 3 nitrogen and oxygen atoms in total. The Hall–Kier alpha value is -0.740. The van der Waals surface area contributed by atoms with E-state index in [0.717, 1.165) is 9.88 Å². The Balaban J connectivity index is 3.03. The average Bonchev–Trinajstić information content (AvgIpc) is 2.28. The summed E-state index contributed by atoms with van der Waals surface area (Å²) in [6.07, 6.45) is 0. The number of hydrogen-bond acceptors (Lipinski definition) is 4. The molecule has 1 aromatic rings. The lowest BCUT2D eigenvalue weighted by molar-refractivity contribution is 0.0996. The molecule has 1 rings (SSSR count). The number of ketones is 1. The Morgan fingerprint density at radius 2 is 2.27 bits per heavy atom. The normalized spacial score (nSPS) is 10.1. The molecule has 0 aliphatic carbocycles. The molecule has 0 radical (unpaired) electrons. The van der Waals surface area contributed by atoms with Crippen molar-refractivity contribution in [2.75, 3.05) is 6.54 Å². The van der Waals surface area contributed by atoms with Crippen LogP contribution < -0.4 is 5.73 Å². The van der Waals surface area contributed by atoms with E-state index in [0.29, 0.717) is 5.69 Å². The fourth-order valence-electron chi connectivity index (χ4n) is 0.884. The summed E-state index contributed by atoms with van der Waals surface area (Å²) in [6, 6.07) is 0. The summed E-state index contributed by atoms with van der Waals surface area (Å²) in [5.74, 6) is -0.0770. The first-order chi connectivity index (χ1) is 5.15. The first kappa shape index (κ1) is 8.36. The van der Waals surface area contributed by atoms with Gasteiger partial charge in [0.05, 0.1) is 11.6 Å². The maximum Gasteiger partial charge on any atom is 0.195 e. The van der Waals surface area contributed by atoms with Gasteiger partial charge in [-0.25, -0.2) is 4.98 Å². The van der Waals surface area contributed by atoms with Crippen molar-refractivity contribution < 1.29 is 4.79 Å². The van der Waals surface area contributed by atoms with Crippen LogP contribution in [0.2, 0.25) is 0 Å². The molecule has 0 fully saturated rings. The molecular weight excluding hydrogens is 160 g/mol. The number of Topliss-reactive ketones (excluding diaryl/α,β-unsaturated/α-hetero) is 1. The van der Waals surface area contributed by atoms with Crippen LogP contribution in [0, 0.1) is 13.8 Å². The van der Waals surface area contributed by atoms with Crippen LogP contribution in [0.1, 0.15) is 20.4 Å². The third kappa shape index (κ3) is 1.64. The molecule has 0 spiro atoms. The van der Waals surface area contributed by atoms with Crippen LogP contribution in [-0.2, 0) is 0 Å². The summed E-state index contributed by atoms with van der Waals surface area (Å²) in [7, 11) is 0. The fraction of sp³-hybridized carbons (Fsp3) is 0.429. The first-order valence-corrected chi connectivity index (χ1v) is 4.14. The Labute approximate surface area is 69.3 Å². The van der Waals surface area contributed by atoms with Crippen LogP contribution in [0.15, 0.2) is 0 Å². The quantitative estimate of drug-likeness (QED) is 0.671. The molecule has 0 unspecified atom stereocenters. The van der Waals surface area contributed by atoms with E-state index in [2.05, 4.69) is 4.98 Å². The lowest BCUT2D eigenvalue weighted by atomic mass is 10.2. The Morgan fingerprint density at radius 3 is 2.64 bits per heavy atom. The van der Waals surface area contributed by atoms with Gasteiger partial charge in [0.15, 0.2) is 5.78 Å². The molecule has 11 heavy (non-hydrogen) atoms. The molecule has 1 heterocycles. The third-order valence-electron chi connectivity index (χ3n) is 1.35. The largest absolute Gasteiger partial charge is 0.324 e. The SMILES string of the molecule is Cc1nc(C(=O)CN)c(C)s1. The zero-order valence-electron chi connectivity index (χ0n) is 6.55. The fourth-order valence-corrected chi connectivity index (χ4v) is 1.72. The maximum absolute atomic E-state index is 11.1. The summed E-state index contributed by atoms with van der Waals surface area (Å²) in [5, 5.41) is 0.916. The molecule has 0 aliphatic rings. The van der Waals surface area contributed by atoms with Crippen molar-refractivity contribution in [1.82, 2.24) is 4.98 Å². The number of nitrogens with two attached hydrogens (primary N) is 1. The van der Waals surface area contributed by atoms with Crippen LogP contribution in [0.4, 0.5) is 0 Å². The Morgan fingerprint density at radius 1 is 1.64 bits per heavy atom. The lowest BCUT2D eigenvalue weighted by Crippen LogP contribution is -2.14. The van der Waals surface area contributed by atoms with Crippen molar-refractivity contribution in [2.24, 2.45) is 5.73 Å². The zero-order valence-corrected chi connectivity index (χ0v) is 7.36. The van der Waals surface area contributed by atoms with Crippen LogP contribution >= 0.6 is 11.3 Å². The van der Waals surface area contributed by atoms with Gasteiger partial charge in [-0.1, -0.05) is 0 Å². The number of hydrogen-bond donors (Lipinski definition) is 1. The molecular formula is C7H10N2OS. The summed E-state index contributed by atoms with van der Waals surface area (Å²) in [6.45, 7) is 3.81. The van der Waals surface area contributed by atoms with Gasteiger partial charge < -0.3 is 5.73 Å². The molecule has 0 bridgehead atoms. The second kappa shape index (κ2) is 3.11. The van der Waals surface area contributed by atoms with Crippen molar-refractivity contribution >= 4 is 17.1 Å². The average molecular weight is 170 g/mol. The van der Waals surface area contributed by atoms with E-state index in [9.17, 15) is 4.79 Å². The first-order valence-electron chi connectivity index (χ1n) is 3.32. The summed E-state index contributed by atoms with van der Waals surface area (Å²) >= 11 is 1.53. The second-order valence-corrected chi connectivity index (χ2v) is 3.67. The highest BCUT2D eigenvalue weighted by molar-refractivity contribution is 7.11. The van der Waals surface area contributed by atoms with E-state index in [1.165, 1.54) is 11.3 Å². The minimum Gasteiger partial charge on any atom is -0.324 e. The third-order valence-corrected chi connectivity index (χ3v) is 2.24. The van der Waals surface area contributed by atoms with Gasteiger partial charge in [0, 0.05) is 4.88 Å². The molecule has 2 N–H and O–H groups in total. The van der Waals surface area contributed by atoms with Gasteiger partial charge in [-0.05, 0) is 13.8 Å². The monoisotopic (exact) mass is 170 g/mol. The molecule has 0 aromatic carbocycles. The van der Waals surface area contributed by atoms with Crippen LogP contribution in [0.5, 0.6) is 0 Å². The van der Waals surface area contributed by atoms with Crippen molar-refractivity contribution in [3.8, 4) is 0 Å². The van der Waals surface area contributed by atoms with Gasteiger partial charge in [-0.15, -0.1) is 11.3 Å². The number of carbonyl (C=O) groups is 1. The molecule has 4 heteroatoms. The van der Waals surface area contributed by atoms with Gasteiger partial charge in [-0.2, -0.15) is 0 Å². The van der Waals surface area contributed by atoms with Gasteiger partial charge in [0.25, 0.3) is 0 Å². The van der Waals surface area contributed by atoms with Crippen LogP contribution in [0.25, 0.3) is 0 Å². The zero-order chi connectivity index (χ0) is 8.43. The maximum atomic E-state index is 11.1. The number of rotatable bonds is 2. The van der Waals surface area contributed by atoms with Crippen LogP contribution in [-0.4, -0.2) is 17.3 Å². The number of carbonyl (C=O) groups excluding carboxylic acids is 1. The predicted molar refractivity (Wildman–Crippen MR) is 45.0 cm³/mol. The van der Waals surface area contributed by atoms with Crippen molar-refractivity contribution in [3.05, 3.63) is 15.6 Å². The summed E-state index contributed by atoms with van der Waals surface area (Å²) in [5.41, 5.74) is 5.73. The highest BCUT2D eigenvalue weighted by Gasteiger charge is 2.11. The molecule has 0 atom stereocenters. The van der Waals surface area contributed by atoms with Gasteiger partial charge >= 0.3 is 0 Å². The van der Waals surface area contributed by atoms with E-state index >= 15 is 0 Å². The molecule has 60 valence electrons. The van der Waals surface area contributed by atoms with E-state index in [1.54, 1.807) is 0 Å². The minimum absolute atomic E-state index is 0.0456. The number of aromatic nitrogens is 1. The predicted octanol–water partition coefficient (Wildman–Crippen LogP) is 0.901. The minimum atomic E-state index is -0.0770. The number of thiazole rings is 1. The van der Waals surface area contributed by atoms with E-state index in [1.807, 2.05) is 13.8 Å². The molecule has 1 aromatic heterocycles. The highest BCUT2D eigenvalue weighted by Crippen LogP contribution is 2.16. The Kier molecular flexibility index (Phi) is 2.36. The lowest BCUT2D eigenvalue weighted by Gasteiger charge is -1.90. The topological polar surface area (TPSA) is 56.0 Å². The summed E-state index contributed by atoms with van der Waals surface area (Å²) < 4.78 is 0. The van der Waals surface area contributed by atoms with E-state index in [4.69, 9.17) is 5.73 Å². The van der Waals surface area contributed by atoms with E-state index in [-0.39, 0.29) is 12.3 Å². The summed E-state index contributed by atoms with van der Waals surface area (Å²) in [4.78, 5) is 16.1. The van der Waals surface area contributed by atoms with Crippen LogP contribution in [0.3, 0.4) is 0 Å². The standard InChI is InChI=1S/C7H10N2OS/c1-4-7(6(10)3-8)9-5(2)11-4/h3,8H2,1-2H3.